The fraction of sp³-hybridized carbons (Fsp3) is 0.867. The fourth-order valence-corrected chi connectivity index (χ4v) is 0.474. The summed E-state index contributed by atoms with van der Waals surface area (Å²) in [6.45, 7) is 12.2. The molecule has 0 bridgehead atoms. The molecular formula is C15H35O3Ti-. The van der Waals surface area contributed by atoms with E-state index in [0.29, 0.717) is 19.8 Å². The van der Waals surface area contributed by atoms with Gasteiger partial charge in [0, 0.05) is 41.5 Å². The van der Waals surface area contributed by atoms with Crippen LogP contribution in [0.1, 0.15) is 66.2 Å². The Bertz CT molecular complexity index is 81.1. The van der Waals surface area contributed by atoms with Crippen LogP contribution in [0.25, 0.3) is 0 Å². The van der Waals surface area contributed by atoms with Crippen molar-refractivity contribution in [3.05, 3.63) is 12.7 Å². The van der Waals surface area contributed by atoms with Gasteiger partial charge in [0.25, 0.3) is 0 Å². The standard InChI is InChI=1S/3C4H10O.C3H5.Ti/c3*1-2-3-4-5;1-3-2;/h3*5H,2-4H2,1H3;1H2,2H3;/q;;;-1;. The summed E-state index contributed by atoms with van der Waals surface area (Å²) in [5.74, 6) is 0. The third kappa shape index (κ3) is 122. The zero-order valence-corrected chi connectivity index (χ0v) is 15.0. The molecule has 0 radical (unpaired) electrons. The van der Waals surface area contributed by atoms with E-state index in [1.807, 2.05) is 0 Å². The summed E-state index contributed by atoms with van der Waals surface area (Å²) in [5, 5.41) is 24.2. The molecule has 0 aliphatic rings. The van der Waals surface area contributed by atoms with Gasteiger partial charge in [-0.1, -0.05) is 40.0 Å². The topological polar surface area (TPSA) is 60.7 Å². The molecule has 0 rings (SSSR count). The van der Waals surface area contributed by atoms with E-state index in [2.05, 4.69) is 33.4 Å². The van der Waals surface area contributed by atoms with Gasteiger partial charge in [-0.15, -0.1) is 0 Å². The predicted molar refractivity (Wildman–Crippen MR) is 80.5 cm³/mol. The van der Waals surface area contributed by atoms with Crippen LogP contribution in [0.5, 0.6) is 0 Å². The van der Waals surface area contributed by atoms with Crippen LogP contribution in [-0.4, -0.2) is 35.1 Å². The van der Waals surface area contributed by atoms with Gasteiger partial charge in [0.05, 0.1) is 0 Å². The van der Waals surface area contributed by atoms with Crippen molar-refractivity contribution in [2.45, 2.75) is 66.2 Å². The minimum Gasteiger partial charge on any atom is -0.507 e. The first-order valence-corrected chi connectivity index (χ1v) is 6.92. The maximum atomic E-state index is 8.07. The molecule has 19 heavy (non-hydrogen) atoms. The Morgan fingerprint density at radius 3 is 0.895 bits per heavy atom. The van der Waals surface area contributed by atoms with Crippen LogP contribution in [0.15, 0.2) is 6.58 Å². The van der Waals surface area contributed by atoms with Gasteiger partial charge < -0.3 is 21.4 Å². The molecule has 0 atom stereocenters. The molecule has 0 fully saturated rings. The summed E-state index contributed by atoms with van der Waals surface area (Å²) in [6, 6.07) is 0. The third-order valence-corrected chi connectivity index (χ3v) is 1.54. The molecule has 4 heteroatoms. The SMILES string of the molecule is C=[C-]C.CCCCO.CCCCO.CCCCO.[Ti]. The molecule has 0 unspecified atom stereocenters. The summed E-state index contributed by atoms with van der Waals surface area (Å²) < 4.78 is 0. The number of aliphatic hydroxyl groups is 3. The van der Waals surface area contributed by atoms with Crippen molar-refractivity contribution in [3.63, 3.8) is 0 Å². The summed E-state index contributed by atoms with van der Waals surface area (Å²) in [5.41, 5.74) is 0. The largest absolute Gasteiger partial charge is 0.507 e. The Balaban J connectivity index is -0.0000000458. The summed E-state index contributed by atoms with van der Waals surface area (Å²) >= 11 is 0. The van der Waals surface area contributed by atoms with Crippen molar-refractivity contribution < 1.29 is 37.0 Å². The van der Waals surface area contributed by atoms with Crippen LogP contribution in [0, 0.1) is 6.08 Å². The van der Waals surface area contributed by atoms with Gasteiger partial charge in [-0.05, 0) is 19.3 Å². The van der Waals surface area contributed by atoms with E-state index in [9.17, 15) is 0 Å². The van der Waals surface area contributed by atoms with E-state index in [1.165, 1.54) is 0 Å². The first-order valence-electron chi connectivity index (χ1n) is 6.92. The average molecular weight is 311 g/mol. The van der Waals surface area contributed by atoms with Crippen molar-refractivity contribution in [2.75, 3.05) is 19.8 Å². The van der Waals surface area contributed by atoms with Crippen molar-refractivity contribution in [1.29, 1.82) is 0 Å². The third-order valence-electron chi connectivity index (χ3n) is 1.54. The van der Waals surface area contributed by atoms with Gasteiger partial charge >= 0.3 is 0 Å². The zero-order valence-electron chi connectivity index (χ0n) is 13.4. The van der Waals surface area contributed by atoms with Gasteiger partial charge in [0.15, 0.2) is 0 Å². The van der Waals surface area contributed by atoms with Crippen LogP contribution in [0.3, 0.4) is 0 Å². The normalized spacial score (nSPS) is 7.32. The Labute approximate surface area is 136 Å². The van der Waals surface area contributed by atoms with E-state index >= 15 is 0 Å². The quantitative estimate of drug-likeness (QED) is 0.521. The summed E-state index contributed by atoms with van der Waals surface area (Å²) in [4.78, 5) is 0. The number of rotatable bonds is 6. The zero-order chi connectivity index (χ0) is 15.1. The smallest absolute Gasteiger partial charge is 0.0430 e. The molecule has 118 valence electrons. The van der Waals surface area contributed by atoms with Gasteiger partial charge in [-0.25, -0.2) is 0 Å². The first kappa shape index (κ1) is 31.6. The molecule has 0 aromatic heterocycles. The molecule has 0 spiro atoms. The van der Waals surface area contributed by atoms with Crippen molar-refractivity contribution in [2.24, 2.45) is 0 Å². The molecule has 3 nitrogen and oxygen atoms in total. The molecular weight excluding hydrogens is 276 g/mol. The molecule has 0 heterocycles. The van der Waals surface area contributed by atoms with E-state index in [4.69, 9.17) is 15.3 Å². The van der Waals surface area contributed by atoms with E-state index < -0.39 is 0 Å². The summed E-state index contributed by atoms with van der Waals surface area (Å²) in [6.07, 6.45) is 8.61. The minimum atomic E-state index is 0. The Morgan fingerprint density at radius 2 is 0.895 bits per heavy atom. The van der Waals surface area contributed by atoms with Gasteiger partial charge in [0.1, 0.15) is 0 Å². The number of allylic oxidation sites excluding steroid dienone is 1. The van der Waals surface area contributed by atoms with Crippen LogP contribution < -0.4 is 0 Å². The van der Waals surface area contributed by atoms with E-state index in [0.717, 1.165) is 38.5 Å². The van der Waals surface area contributed by atoms with Gasteiger partial charge in [0.2, 0.25) is 0 Å². The van der Waals surface area contributed by atoms with Crippen molar-refractivity contribution >= 4 is 0 Å². The Morgan fingerprint density at radius 1 is 0.737 bits per heavy atom. The molecule has 0 amide bonds. The molecule has 0 aromatic carbocycles. The minimum absolute atomic E-state index is 0. The second-order valence-electron chi connectivity index (χ2n) is 3.59. The molecule has 0 saturated heterocycles. The number of hydrogen-bond donors (Lipinski definition) is 3. The maximum absolute atomic E-state index is 8.07. The Kier molecular flexibility index (Phi) is 85.9. The van der Waals surface area contributed by atoms with Crippen LogP contribution in [0.2, 0.25) is 0 Å². The summed E-state index contributed by atoms with van der Waals surface area (Å²) in [7, 11) is 0. The molecule has 0 saturated carbocycles. The van der Waals surface area contributed by atoms with Crippen LogP contribution in [-0.2, 0) is 21.7 Å². The fourth-order valence-electron chi connectivity index (χ4n) is 0.474. The average Bonchev–Trinajstić information content (AvgIpc) is 2.35. The number of hydrogen-bond acceptors (Lipinski definition) is 3. The van der Waals surface area contributed by atoms with Crippen LogP contribution in [0.4, 0.5) is 0 Å². The monoisotopic (exact) mass is 311 g/mol. The molecule has 3 N–H and O–H groups in total. The van der Waals surface area contributed by atoms with Crippen molar-refractivity contribution in [1.82, 2.24) is 0 Å². The van der Waals surface area contributed by atoms with Gasteiger partial charge in [-0.2, -0.15) is 6.92 Å². The molecule has 0 aliphatic carbocycles. The predicted octanol–water partition coefficient (Wildman–Crippen LogP) is 3.33. The molecule has 0 aliphatic heterocycles. The second kappa shape index (κ2) is 51.6. The van der Waals surface area contributed by atoms with E-state index in [-0.39, 0.29) is 21.7 Å². The van der Waals surface area contributed by atoms with E-state index in [1.54, 1.807) is 6.92 Å². The van der Waals surface area contributed by atoms with Crippen LogP contribution >= 0.6 is 0 Å². The second-order valence-corrected chi connectivity index (χ2v) is 3.59. The number of unbranched alkanes of at least 4 members (excludes halogenated alkanes) is 3. The molecule has 0 aromatic rings. The van der Waals surface area contributed by atoms with Crippen molar-refractivity contribution in [3.8, 4) is 0 Å². The maximum Gasteiger partial charge on any atom is 0.0430 e. The Hall–Kier alpha value is 0.334. The van der Waals surface area contributed by atoms with Gasteiger partial charge in [-0.3, -0.25) is 6.58 Å². The number of aliphatic hydroxyl groups excluding tert-OH is 3. The first-order chi connectivity index (χ1) is 8.66.